The summed E-state index contributed by atoms with van der Waals surface area (Å²) in [7, 11) is -0.579. The average molecular weight is 312 g/mol. The number of carbonyl (C=O) groups is 1. The van der Waals surface area contributed by atoms with Gasteiger partial charge in [-0.3, -0.25) is 4.79 Å². The minimum absolute atomic E-state index is 0.0775. The molecule has 0 atom stereocenters. The van der Waals surface area contributed by atoms with E-state index in [0.717, 1.165) is 23.6 Å². The van der Waals surface area contributed by atoms with Crippen LogP contribution in [-0.4, -0.2) is 50.0 Å². The van der Waals surface area contributed by atoms with Gasteiger partial charge in [0, 0.05) is 19.7 Å². The van der Waals surface area contributed by atoms with Crippen LogP contribution >= 0.6 is 0 Å². The molecule has 0 heterocycles. The third-order valence-corrected chi connectivity index (χ3v) is 5.72. The van der Waals surface area contributed by atoms with E-state index in [9.17, 15) is 18.3 Å². The topological polar surface area (TPSA) is 86.7 Å². The highest BCUT2D eigenvalue weighted by Crippen LogP contribution is 2.31. The molecular formula is C14H20N2O4S. The first-order valence-corrected chi connectivity index (χ1v) is 8.21. The Kier molecular flexibility index (Phi) is 4.36. The van der Waals surface area contributed by atoms with Crippen LogP contribution in [0.5, 0.6) is 0 Å². The Balaban J connectivity index is 2.14. The van der Waals surface area contributed by atoms with Crippen molar-refractivity contribution in [1.29, 1.82) is 0 Å². The summed E-state index contributed by atoms with van der Waals surface area (Å²) in [6, 6.07) is 5.79. The molecule has 7 heteroatoms. The van der Waals surface area contributed by atoms with Gasteiger partial charge in [0.25, 0.3) is 5.91 Å². The van der Waals surface area contributed by atoms with Crippen molar-refractivity contribution in [2.75, 3.05) is 20.7 Å². The average Bonchev–Trinajstić information content (AvgIpc) is 2.42. The lowest BCUT2D eigenvalue weighted by Gasteiger charge is -2.40. The Bertz CT molecular complexity index is 613. The number of hydrogen-bond donors (Lipinski definition) is 2. The predicted octanol–water partition coefficient (Wildman–Crippen LogP) is 0.582. The molecule has 0 aromatic heterocycles. The van der Waals surface area contributed by atoms with Gasteiger partial charge in [-0.05, 0) is 43.5 Å². The fraction of sp³-hybridized carbons (Fsp3) is 0.500. The van der Waals surface area contributed by atoms with Crippen LogP contribution in [0.25, 0.3) is 0 Å². The van der Waals surface area contributed by atoms with Crippen molar-refractivity contribution >= 4 is 15.9 Å². The van der Waals surface area contributed by atoms with E-state index in [0.29, 0.717) is 5.56 Å². The summed E-state index contributed by atoms with van der Waals surface area (Å²) in [6.07, 6.45) is 2.52. The molecule has 0 saturated heterocycles. The Labute approximate surface area is 124 Å². The molecule has 6 nitrogen and oxygen atoms in total. The zero-order chi connectivity index (χ0) is 15.7. The normalized spacial score (nSPS) is 17.3. The molecule has 0 unspecified atom stereocenters. The standard InChI is InChI=1S/C14H20N2O4S/c1-16(2)21(19,20)12-6-4-11(5-7-12)13(18)15-14(10-17)8-3-9-14/h4-7,17H,3,8-10H2,1-2H3,(H,15,18). The number of sulfonamides is 1. The monoisotopic (exact) mass is 312 g/mol. The van der Waals surface area contributed by atoms with Gasteiger partial charge in [0.05, 0.1) is 17.0 Å². The Morgan fingerprint density at radius 2 is 1.86 bits per heavy atom. The van der Waals surface area contributed by atoms with E-state index < -0.39 is 15.6 Å². The maximum absolute atomic E-state index is 12.1. The smallest absolute Gasteiger partial charge is 0.251 e. The number of carbonyl (C=O) groups excluding carboxylic acids is 1. The summed E-state index contributed by atoms with van der Waals surface area (Å²) in [5.74, 6) is -0.294. The number of nitrogens with one attached hydrogen (secondary N) is 1. The number of nitrogens with zero attached hydrogens (tertiary/aromatic N) is 1. The second-order valence-electron chi connectivity index (χ2n) is 5.56. The number of amides is 1. The molecule has 0 radical (unpaired) electrons. The quantitative estimate of drug-likeness (QED) is 0.833. The van der Waals surface area contributed by atoms with Crippen LogP contribution in [0.3, 0.4) is 0 Å². The van der Waals surface area contributed by atoms with Crippen molar-refractivity contribution < 1.29 is 18.3 Å². The lowest BCUT2D eigenvalue weighted by Crippen LogP contribution is -2.56. The van der Waals surface area contributed by atoms with Crippen LogP contribution in [-0.2, 0) is 10.0 Å². The van der Waals surface area contributed by atoms with E-state index in [1.165, 1.54) is 38.4 Å². The SMILES string of the molecule is CN(C)S(=O)(=O)c1ccc(C(=O)NC2(CO)CCC2)cc1. The van der Waals surface area contributed by atoms with Gasteiger partial charge in [0.2, 0.25) is 10.0 Å². The maximum Gasteiger partial charge on any atom is 0.251 e. The highest BCUT2D eigenvalue weighted by atomic mass is 32.2. The fourth-order valence-electron chi connectivity index (χ4n) is 2.23. The lowest BCUT2D eigenvalue weighted by molar-refractivity contribution is 0.0641. The van der Waals surface area contributed by atoms with E-state index in [4.69, 9.17) is 0 Å². The van der Waals surface area contributed by atoms with Crippen LogP contribution in [0, 0.1) is 0 Å². The minimum Gasteiger partial charge on any atom is -0.394 e. The fourth-order valence-corrected chi connectivity index (χ4v) is 3.13. The van der Waals surface area contributed by atoms with Gasteiger partial charge in [-0.25, -0.2) is 12.7 Å². The molecule has 1 fully saturated rings. The first-order valence-electron chi connectivity index (χ1n) is 6.77. The lowest BCUT2D eigenvalue weighted by atomic mass is 9.77. The van der Waals surface area contributed by atoms with Crippen LogP contribution in [0.4, 0.5) is 0 Å². The Morgan fingerprint density at radius 3 is 2.24 bits per heavy atom. The Morgan fingerprint density at radius 1 is 1.29 bits per heavy atom. The summed E-state index contributed by atoms with van der Waals surface area (Å²) in [5, 5.41) is 12.2. The van der Waals surface area contributed by atoms with Crippen LogP contribution in [0.2, 0.25) is 0 Å². The molecule has 1 aliphatic rings. The van der Waals surface area contributed by atoms with Gasteiger partial charge in [-0.1, -0.05) is 0 Å². The Hall–Kier alpha value is -1.44. The molecule has 116 valence electrons. The first kappa shape index (κ1) is 15.9. The number of aliphatic hydroxyl groups is 1. The number of hydrogen-bond acceptors (Lipinski definition) is 4. The van der Waals surface area contributed by atoms with Crippen molar-refractivity contribution in [2.24, 2.45) is 0 Å². The second kappa shape index (κ2) is 5.75. The van der Waals surface area contributed by atoms with Crippen LogP contribution in [0.1, 0.15) is 29.6 Å². The molecule has 21 heavy (non-hydrogen) atoms. The third-order valence-electron chi connectivity index (χ3n) is 3.89. The van der Waals surface area contributed by atoms with E-state index in [1.807, 2.05) is 0 Å². The largest absolute Gasteiger partial charge is 0.394 e. The van der Waals surface area contributed by atoms with E-state index in [-0.39, 0.29) is 17.4 Å². The third kappa shape index (κ3) is 3.09. The molecule has 0 spiro atoms. The van der Waals surface area contributed by atoms with Crippen molar-refractivity contribution in [1.82, 2.24) is 9.62 Å². The molecule has 1 amide bonds. The number of benzene rings is 1. The van der Waals surface area contributed by atoms with Gasteiger partial charge >= 0.3 is 0 Å². The summed E-state index contributed by atoms with van der Waals surface area (Å²) < 4.78 is 25.0. The highest BCUT2D eigenvalue weighted by molar-refractivity contribution is 7.89. The molecule has 1 aromatic carbocycles. The van der Waals surface area contributed by atoms with E-state index >= 15 is 0 Å². The summed E-state index contributed by atoms with van der Waals surface area (Å²) in [5.41, 5.74) is -0.127. The number of aliphatic hydroxyl groups excluding tert-OH is 1. The molecule has 0 aliphatic heterocycles. The number of rotatable bonds is 5. The van der Waals surface area contributed by atoms with Crippen molar-refractivity contribution in [3.05, 3.63) is 29.8 Å². The van der Waals surface area contributed by atoms with Crippen molar-refractivity contribution in [3.63, 3.8) is 0 Å². The summed E-state index contributed by atoms with van der Waals surface area (Å²) in [6.45, 7) is -0.0775. The maximum atomic E-state index is 12.1. The van der Waals surface area contributed by atoms with Crippen molar-refractivity contribution in [2.45, 2.75) is 29.7 Å². The van der Waals surface area contributed by atoms with Gasteiger partial charge in [0.1, 0.15) is 0 Å². The molecule has 1 saturated carbocycles. The van der Waals surface area contributed by atoms with Gasteiger partial charge in [-0.2, -0.15) is 0 Å². The molecule has 1 aromatic rings. The minimum atomic E-state index is -3.49. The highest BCUT2D eigenvalue weighted by Gasteiger charge is 2.37. The van der Waals surface area contributed by atoms with Crippen LogP contribution in [0.15, 0.2) is 29.2 Å². The van der Waals surface area contributed by atoms with E-state index in [2.05, 4.69) is 5.32 Å². The van der Waals surface area contributed by atoms with Crippen LogP contribution < -0.4 is 5.32 Å². The van der Waals surface area contributed by atoms with E-state index in [1.54, 1.807) is 0 Å². The van der Waals surface area contributed by atoms with Gasteiger partial charge in [-0.15, -0.1) is 0 Å². The summed E-state index contributed by atoms with van der Waals surface area (Å²) >= 11 is 0. The first-order chi connectivity index (χ1) is 9.81. The van der Waals surface area contributed by atoms with Gasteiger partial charge < -0.3 is 10.4 Å². The zero-order valence-electron chi connectivity index (χ0n) is 12.2. The molecule has 0 bridgehead atoms. The molecule has 2 rings (SSSR count). The molecular weight excluding hydrogens is 292 g/mol. The predicted molar refractivity (Wildman–Crippen MR) is 78.4 cm³/mol. The molecule has 1 aliphatic carbocycles. The second-order valence-corrected chi connectivity index (χ2v) is 7.71. The summed E-state index contributed by atoms with van der Waals surface area (Å²) in [4.78, 5) is 12.3. The molecule has 2 N–H and O–H groups in total. The zero-order valence-corrected chi connectivity index (χ0v) is 13.0. The van der Waals surface area contributed by atoms with Crippen molar-refractivity contribution in [3.8, 4) is 0 Å². The van der Waals surface area contributed by atoms with Gasteiger partial charge in [0.15, 0.2) is 0 Å².